The fourth-order valence-electron chi connectivity index (χ4n) is 2.99. The molecule has 2 aliphatic rings. The predicted molar refractivity (Wildman–Crippen MR) is 71.4 cm³/mol. The number of hydrogen-bond acceptors (Lipinski definition) is 3. The standard InChI is InChI=1S/C14H24N2O3/c1-9(2)16-8-10(7-13(16)18)14(19)15-11-5-3-4-6-12(11)17/h9-12,17H,3-8H2,1-2H3,(H,15,19)/t10?,11-,12-/m1/s1. The molecule has 1 saturated heterocycles. The molecule has 0 aromatic carbocycles. The van der Waals surface area contributed by atoms with E-state index >= 15 is 0 Å². The zero-order valence-corrected chi connectivity index (χ0v) is 11.8. The second-order valence-corrected chi connectivity index (χ2v) is 6.01. The van der Waals surface area contributed by atoms with Gasteiger partial charge in [0, 0.05) is 19.0 Å². The topological polar surface area (TPSA) is 69.6 Å². The Kier molecular flexibility index (Phi) is 4.45. The predicted octanol–water partition coefficient (Wildman–Crippen LogP) is 0.663. The maximum atomic E-state index is 12.2. The number of hydrogen-bond donors (Lipinski definition) is 2. The lowest BCUT2D eigenvalue weighted by atomic mass is 9.92. The van der Waals surface area contributed by atoms with Gasteiger partial charge in [-0.1, -0.05) is 12.8 Å². The van der Waals surface area contributed by atoms with E-state index in [0.717, 1.165) is 25.7 Å². The van der Waals surface area contributed by atoms with Gasteiger partial charge in [-0.25, -0.2) is 0 Å². The van der Waals surface area contributed by atoms with Crippen LogP contribution in [-0.2, 0) is 9.59 Å². The zero-order valence-electron chi connectivity index (χ0n) is 11.8. The molecule has 3 atom stereocenters. The van der Waals surface area contributed by atoms with Gasteiger partial charge >= 0.3 is 0 Å². The molecule has 2 amide bonds. The van der Waals surface area contributed by atoms with Crippen LogP contribution in [0.1, 0.15) is 46.0 Å². The summed E-state index contributed by atoms with van der Waals surface area (Å²) in [6.07, 6.45) is 3.53. The van der Waals surface area contributed by atoms with Crippen molar-refractivity contribution in [3.63, 3.8) is 0 Å². The summed E-state index contributed by atoms with van der Waals surface area (Å²) in [4.78, 5) is 25.7. The van der Waals surface area contributed by atoms with Gasteiger partial charge < -0.3 is 15.3 Å². The second kappa shape index (κ2) is 5.90. The Morgan fingerprint density at radius 1 is 1.37 bits per heavy atom. The van der Waals surface area contributed by atoms with Crippen molar-refractivity contribution in [3.8, 4) is 0 Å². The number of nitrogens with zero attached hydrogens (tertiary/aromatic N) is 1. The molecule has 1 aliphatic carbocycles. The lowest BCUT2D eigenvalue weighted by Crippen LogP contribution is -2.47. The van der Waals surface area contributed by atoms with Gasteiger partial charge in [-0.05, 0) is 26.7 Å². The van der Waals surface area contributed by atoms with Crippen molar-refractivity contribution in [2.75, 3.05) is 6.54 Å². The van der Waals surface area contributed by atoms with Crippen LogP contribution in [0.4, 0.5) is 0 Å². The number of amides is 2. The van der Waals surface area contributed by atoms with Gasteiger partial charge in [0.1, 0.15) is 0 Å². The average molecular weight is 268 g/mol. The maximum Gasteiger partial charge on any atom is 0.225 e. The molecule has 5 nitrogen and oxygen atoms in total. The van der Waals surface area contributed by atoms with E-state index in [4.69, 9.17) is 0 Å². The van der Waals surface area contributed by atoms with E-state index in [1.807, 2.05) is 13.8 Å². The van der Waals surface area contributed by atoms with Gasteiger partial charge in [0.05, 0.1) is 18.1 Å². The first kappa shape index (κ1) is 14.3. The maximum absolute atomic E-state index is 12.2. The number of aliphatic hydroxyl groups excluding tert-OH is 1. The van der Waals surface area contributed by atoms with Gasteiger partial charge in [0.25, 0.3) is 0 Å². The van der Waals surface area contributed by atoms with Gasteiger partial charge in [0.15, 0.2) is 0 Å². The van der Waals surface area contributed by atoms with Gasteiger partial charge in [-0.15, -0.1) is 0 Å². The van der Waals surface area contributed by atoms with E-state index in [-0.39, 0.29) is 29.8 Å². The number of likely N-dealkylation sites (tertiary alicyclic amines) is 1. The van der Waals surface area contributed by atoms with Crippen LogP contribution in [0.3, 0.4) is 0 Å². The summed E-state index contributed by atoms with van der Waals surface area (Å²) in [7, 11) is 0. The molecular formula is C14H24N2O3. The Hall–Kier alpha value is -1.10. The summed E-state index contributed by atoms with van der Waals surface area (Å²) in [6, 6.07) is 0.00928. The number of aliphatic hydroxyl groups is 1. The third-order valence-corrected chi connectivity index (χ3v) is 4.21. The molecule has 1 aliphatic heterocycles. The fourth-order valence-corrected chi connectivity index (χ4v) is 2.99. The first-order valence-corrected chi connectivity index (χ1v) is 7.27. The van der Waals surface area contributed by atoms with Crippen LogP contribution in [0, 0.1) is 5.92 Å². The van der Waals surface area contributed by atoms with Crippen molar-refractivity contribution in [2.24, 2.45) is 5.92 Å². The molecule has 5 heteroatoms. The van der Waals surface area contributed by atoms with E-state index in [2.05, 4.69) is 5.32 Å². The van der Waals surface area contributed by atoms with Crippen molar-refractivity contribution in [1.29, 1.82) is 0 Å². The summed E-state index contributed by atoms with van der Waals surface area (Å²) in [5.74, 6) is -0.286. The molecule has 108 valence electrons. The highest BCUT2D eigenvalue weighted by Crippen LogP contribution is 2.22. The Morgan fingerprint density at radius 3 is 2.63 bits per heavy atom. The van der Waals surface area contributed by atoms with Gasteiger partial charge in [0.2, 0.25) is 11.8 Å². The van der Waals surface area contributed by atoms with E-state index in [1.54, 1.807) is 4.90 Å². The highest BCUT2D eigenvalue weighted by Gasteiger charge is 2.37. The van der Waals surface area contributed by atoms with Crippen molar-refractivity contribution in [2.45, 2.75) is 64.1 Å². The SMILES string of the molecule is CC(C)N1CC(C(=O)N[C@@H]2CCCC[C@H]2O)CC1=O. The van der Waals surface area contributed by atoms with E-state index < -0.39 is 6.10 Å². The molecule has 0 aromatic rings. The van der Waals surface area contributed by atoms with Crippen molar-refractivity contribution < 1.29 is 14.7 Å². The van der Waals surface area contributed by atoms with Crippen LogP contribution in [0.25, 0.3) is 0 Å². The van der Waals surface area contributed by atoms with Crippen LogP contribution in [0.15, 0.2) is 0 Å². The third-order valence-electron chi connectivity index (χ3n) is 4.21. The first-order valence-electron chi connectivity index (χ1n) is 7.27. The molecule has 1 heterocycles. The van der Waals surface area contributed by atoms with E-state index in [0.29, 0.717) is 13.0 Å². The highest BCUT2D eigenvalue weighted by atomic mass is 16.3. The monoisotopic (exact) mass is 268 g/mol. The van der Waals surface area contributed by atoms with Crippen molar-refractivity contribution in [1.82, 2.24) is 10.2 Å². The van der Waals surface area contributed by atoms with Crippen LogP contribution in [-0.4, -0.2) is 46.6 Å². The third kappa shape index (κ3) is 3.26. The molecule has 2 N–H and O–H groups in total. The van der Waals surface area contributed by atoms with Crippen LogP contribution in [0.5, 0.6) is 0 Å². The van der Waals surface area contributed by atoms with Gasteiger partial charge in [-0.2, -0.15) is 0 Å². The van der Waals surface area contributed by atoms with E-state index in [9.17, 15) is 14.7 Å². The molecule has 2 rings (SSSR count). The number of carbonyl (C=O) groups is 2. The fraction of sp³-hybridized carbons (Fsp3) is 0.857. The lowest BCUT2D eigenvalue weighted by Gasteiger charge is -2.29. The Labute approximate surface area is 114 Å². The molecule has 2 fully saturated rings. The number of nitrogens with one attached hydrogen (secondary N) is 1. The minimum absolute atomic E-state index is 0.0549. The smallest absolute Gasteiger partial charge is 0.225 e. The minimum Gasteiger partial charge on any atom is -0.391 e. The lowest BCUT2D eigenvalue weighted by molar-refractivity contribution is -0.130. The Bertz CT molecular complexity index is 357. The average Bonchev–Trinajstić information content (AvgIpc) is 2.74. The second-order valence-electron chi connectivity index (χ2n) is 6.01. The molecule has 19 heavy (non-hydrogen) atoms. The summed E-state index contributed by atoms with van der Waals surface area (Å²) in [5, 5.41) is 12.8. The quantitative estimate of drug-likeness (QED) is 0.790. The van der Waals surface area contributed by atoms with Gasteiger partial charge in [-0.3, -0.25) is 9.59 Å². The molecule has 1 unspecified atom stereocenters. The summed E-state index contributed by atoms with van der Waals surface area (Å²) in [5.41, 5.74) is 0. The Balaban J connectivity index is 1.89. The normalized spacial score (nSPS) is 31.9. The van der Waals surface area contributed by atoms with E-state index in [1.165, 1.54) is 0 Å². The summed E-state index contributed by atoms with van der Waals surface area (Å²) >= 11 is 0. The largest absolute Gasteiger partial charge is 0.391 e. The number of rotatable bonds is 3. The van der Waals surface area contributed by atoms with Crippen molar-refractivity contribution >= 4 is 11.8 Å². The number of carbonyl (C=O) groups excluding carboxylic acids is 2. The molecule has 0 spiro atoms. The molecular weight excluding hydrogens is 244 g/mol. The zero-order chi connectivity index (χ0) is 14.0. The molecule has 0 bridgehead atoms. The summed E-state index contributed by atoms with van der Waals surface area (Å²) in [6.45, 7) is 4.43. The van der Waals surface area contributed by atoms with Crippen LogP contribution < -0.4 is 5.32 Å². The highest BCUT2D eigenvalue weighted by molar-refractivity contribution is 5.89. The summed E-state index contributed by atoms with van der Waals surface area (Å²) < 4.78 is 0. The molecule has 0 radical (unpaired) electrons. The first-order chi connectivity index (χ1) is 8.99. The molecule has 1 saturated carbocycles. The van der Waals surface area contributed by atoms with Crippen molar-refractivity contribution in [3.05, 3.63) is 0 Å². The van der Waals surface area contributed by atoms with Crippen LogP contribution >= 0.6 is 0 Å². The molecule has 0 aromatic heterocycles. The van der Waals surface area contributed by atoms with Crippen LogP contribution in [0.2, 0.25) is 0 Å². The minimum atomic E-state index is -0.434. The Morgan fingerprint density at radius 2 is 2.05 bits per heavy atom.